The number of hydrogen-bond donors (Lipinski definition) is 7. The molecule has 2 amide bonds. The predicted molar refractivity (Wildman–Crippen MR) is 288 cm³/mol. The summed E-state index contributed by atoms with van der Waals surface area (Å²) in [7, 11) is 4.79. The first-order valence-electron chi connectivity index (χ1n) is 27.0. The topological polar surface area (TPSA) is 232 Å². The highest BCUT2D eigenvalue weighted by Gasteiger charge is 2.46. The average Bonchev–Trinajstić information content (AvgIpc) is 3.67. The number of amides is 2. The van der Waals surface area contributed by atoms with E-state index in [1.165, 1.54) is 7.11 Å². The fourth-order valence-electron chi connectivity index (χ4n) is 10.3. The van der Waals surface area contributed by atoms with Gasteiger partial charge in [0.2, 0.25) is 11.8 Å². The van der Waals surface area contributed by atoms with Crippen LogP contribution >= 0.6 is 0 Å². The molecule has 0 bridgehead atoms. The van der Waals surface area contributed by atoms with Crippen LogP contribution in [0.4, 0.5) is 0 Å². The van der Waals surface area contributed by atoms with Crippen molar-refractivity contribution in [3.05, 3.63) is 95.6 Å². The number of aliphatic hydroxyl groups is 5. The normalized spacial score (nSPS) is 31.3. The van der Waals surface area contributed by atoms with E-state index in [1.807, 2.05) is 101 Å². The van der Waals surface area contributed by atoms with Crippen LogP contribution in [0, 0.1) is 35.5 Å². The first-order chi connectivity index (χ1) is 35.4. The van der Waals surface area contributed by atoms with E-state index in [0.29, 0.717) is 44.3 Å². The maximum Gasteiger partial charge on any atom is 0.329 e. The Morgan fingerprint density at radius 1 is 0.973 bits per heavy atom. The fourth-order valence-corrected chi connectivity index (χ4v) is 10.3. The number of esters is 1. The molecule has 1 aromatic rings. The minimum Gasteiger partial charge on any atom is -0.456 e. The Balaban J connectivity index is 1.27. The lowest BCUT2D eigenvalue weighted by atomic mass is 9.82. The minimum absolute atomic E-state index is 0.0689. The second-order valence-electron chi connectivity index (χ2n) is 21.9. The van der Waals surface area contributed by atoms with Gasteiger partial charge in [-0.05, 0) is 64.0 Å². The molecule has 0 saturated carbocycles. The van der Waals surface area contributed by atoms with Gasteiger partial charge in [-0.25, -0.2) is 4.79 Å². The molecule has 0 spiro atoms. The van der Waals surface area contributed by atoms with E-state index in [1.54, 1.807) is 61.8 Å². The smallest absolute Gasteiger partial charge is 0.329 e. The number of nitrogens with one attached hydrogen (secondary N) is 2. The molecule has 18 atom stereocenters. The van der Waals surface area contributed by atoms with Gasteiger partial charge in [0, 0.05) is 70.7 Å². The SMILES string of the molecule is CC[C@@H]([C@H](O)[C@@H](C)C=CC=C[C@@H]1C[C@H](OC)C[C@](CCC(C)=CC=C[C@H]2CO[C@H](C)[C@@](C)(O)[C@@H]2O)(OC)O1)[C@H](O)CC=C(C)[C@H](O)C[C@H](OC)[C@@H](C)C(=O)N[C@H](C(=O)N[C@@H]1C(=O)O[C@H](c2ccccc2)[C@H]1C)C(C)C. The molecule has 16 heteroatoms. The average molecular weight is 1050 g/mol. The van der Waals surface area contributed by atoms with Gasteiger partial charge in [0.05, 0.1) is 61.4 Å². The van der Waals surface area contributed by atoms with Gasteiger partial charge in [-0.15, -0.1) is 0 Å². The molecular formula is C59H92N2O14. The highest BCUT2D eigenvalue weighted by atomic mass is 16.7. The van der Waals surface area contributed by atoms with E-state index in [2.05, 4.69) is 10.6 Å². The van der Waals surface area contributed by atoms with Crippen LogP contribution in [-0.4, -0.2) is 144 Å². The van der Waals surface area contributed by atoms with E-state index in [-0.39, 0.29) is 48.7 Å². The van der Waals surface area contributed by atoms with Gasteiger partial charge in [-0.3, -0.25) is 9.59 Å². The quantitative estimate of drug-likeness (QED) is 0.0275. The standard InChI is InChI=1S/C59H92N2O14/c1-14-46(52(64)38(6)22-18-19-26-44-31-45(70-11)33-59(72-13,75-44)30-29-36(4)21-20-25-43-34-73-41(9)58(10,69)54(43)65)47(62)28-27-37(5)48(63)32-49(71-12)39(7)55(66)60-50(35(2)3)56(67)61-51-40(8)53(74-57(51)68)42-23-16-15-17-24-42/h15-27,35,38-41,43-54,62-65,69H,14,28-34H2,1-13H3,(H,60,66)(H,61,67)/t38-,39+,40-,41+,43-,44+,45-,46+,47+,48+,49-,50-,51-,52+,53-,54+,58+,59+/m0/s1. The molecule has 422 valence electrons. The lowest BCUT2D eigenvalue weighted by Crippen LogP contribution is -2.57. The van der Waals surface area contributed by atoms with Crippen molar-refractivity contribution in [2.24, 2.45) is 35.5 Å². The zero-order chi connectivity index (χ0) is 55.8. The third-order valence-electron chi connectivity index (χ3n) is 16.0. The molecule has 3 aliphatic rings. The molecule has 1 aromatic carbocycles. The molecule has 0 aromatic heterocycles. The Morgan fingerprint density at radius 3 is 2.29 bits per heavy atom. The van der Waals surface area contributed by atoms with Crippen LogP contribution in [0.3, 0.4) is 0 Å². The van der Waals surface area contributed by atoms with Crippen molar-refractivity contribution < 1.29 is 68.3 Å². The third kappa shape index (κ3) is 17.5. The van der Waals surface area contributed by atoms with Gasteiger partial charge in [0.25, 0.3) is 0 Å². The Labute approximate surface area is 447 Å². The molecule has 4 rings (SSSR count). The Bertz CT molecular complexity index is 2110. The van der Waals surface area contributed by atoms with Crippen LogP contribution in [0.5, 0.6) is 0 Å². The highest BCUT2D eigenvalue weighted by molar-refractivity contribution is 5.92. The van der Waals surface area contributed by atoms with Crippen LogP contribution in [0.15, 0.2) is 90.1 Å². The predicted octanol–water partition coefficient (Wildman–Crippen LogP) is 6.75. The van der Waals surface area contributed by atoms with Crippen LogP contribution in [0.25, 0.3) is 0 Å². The van der Waals surface area contributed by atoms with Crippen molar-refractivity contribution in [1.29, 1.82) is 0 Å². The Hall–Kier alpha value is -4.07. The largest absolute Gasteiger partial charge is 0.456 e. The molecule has 3 saturated heterocycles. The number of benzene rings is 1. The minimum atomic E-state index is -1.33. The number of methoxy groups -OCH3 is 3. The summed E-state index contributed by atoms with van der Waals surface area (Å²) in [6.07, 6.45) is 12.6. The Kier molecular flexibility index (Phi) is 25.1. The van der Waals surface area contributed by atoms with Crippen molar-refractivity contribution in [2.75, 3.05) is 27.9 Å². The zero-order valence-electron chi connectivity index (χ0n) is 46.9. The van der Waals surface area contributed by atoms with Crippen molar-refractivity contribution in [3.8, 4) is 0 Å². The van der Waals surface area contributed by atoms with E-state index in [0.717, 1.165) is 11.1 Å². The molecule has 75 heavy (non-hydrogen) atoms. The van der Waals surface area contributed by atoms with Crippen molar-refractivity contribution in [3.63, 3.8) is 0 Å². The van der Waals surface area contributed by atoms with Crippen molar-refractivity contribution in [1.82, 2.24) is 10.6 Å². The van der Waals surface area contributed by atoms with Crippen LogP contribution in [0.1, 0.15) is 126 Å². The number of allylic oxidation sites excluding steroid dienone is 5. The van der Waals surface area contributed by atoms with Gasteiger partial charge in [0.1, 0.15) is 23.8 Å². The summed E-state index contributed by atoms with van der Waals surface area (Å²) in [5, 5.41) is 61.1. The van der Waals surface area contributed by atoms with Gasteiger partial charge < -0.3 is 64.6 Å². The first-order valence-corrected chi connectivity index (χ1v) is 27.0. The van der Waals surface area contributed by atoms with E-state index >= 15 is 0 Å². The molecule has 0 unspecified atom stereocenters. The van der Waals surface area contributed by atoms with Gasteiger partial charge in [-0.2, -0.15) is 0 Å². The fraction of sp³-hybridized carbons (Fsp3) is 0.678. The lowest BCUT2D eigenvalue weighted by molar-refractivity contribution is -0.281. The number of ether oxygens (including phenoxy) is 6. The summed E-state index contributed by atoms with van der Waals surface area (Å²) in [5.41, 5.74) is 1.17. The van der Waals surface area contributed by atoms with Crippen LogP contribution < -0.4 is 10.6 Å². The van der Waals surface area contributed by atoms with Crippen LogP contribution in [-0.2, 0) is 42.8 Å². The number of rotatable bonds is 27. The monoisotopic (exact) mass is 1050 g/mol. The summed E-state index contributed by atoms with van der Waals surface area (Å²) in [6, 6.07) is 7.50. The summed E-state index contributed by atoms with van der Waals surface area (Å²) in [4.78, 5) is 40.1. The molecule has 3 fully saturated rings. The number of aliphatic hydroxyl groups excluding tert-OH is 4. The highest BCUT2D eigenvalue weighted by Crippen LogP contribution is 2.38. The van der Waals surface area contributed by atoms with Gasteiger partial charge >= 0.3 is 5.97 Å². The summed E-state index contributed by atoms with van der Waals surface area (Å²) in [5.74, 6) is -4.87. The number of carbonyl (C=O) groups is 3. The molecular weight excluding hydrogens is 961 g/mol. The second-order valence-corrected chi connectivity index (χ2v) is 21.9. The van der Waals surface area contributed by atoms with E-state index in [4.69, 9.17) is 28.4 Å². The van der Waals surface area contributed by atoms with E-state index in [9.17, 15) is 39.9 Å². The Morgan fingerprint density at radius 2 is 1.67 bits per heavy atom. The summed E-state index contributed by atoms with van der Waals surface area (Å²) in [6.45, 7) is 18.4. The lowest BCUT2D eigenvalue weighted by Gasteiger charge is -2.42. The zero-order valence-corrected chi connectivity index (χ0v) is 46.9. The van der Waals surface area contributed by atoms with Crippen LogP contribution in [0.2, 0.25) is 0 Å². The number of carbonyl (C=O) groups excluding carboxylic acids is 3. The second kappa shape index (κ2) is 29.6. The van der Waals surface area contributed by atoms with Crippen molar-refractivity contribution >= 4 is 17.8 Å². The summed E-state index contributed by atoms with van der Waals surface area (Å²) < 4.78 is 35.4. The summed E-state index contributed by atoms with van der Waals surface area (Å²) >= 11 is 0. The molecule has 0 aliphatic carbocycles. The number of hydrogen-bond acceptors (Lipinski definition) is 14. The third-order valence-corrected chi connectivity index (χ3v) is 16.0. The maximum atomic E-state index is 13.6. The van der Waals surface area contributed by atoms with Crippen molar-refractivity contribution in [2.45, 2.75) is 193 Å². The van der Waals surface area contributed by atoms with E-state index < -0.39 is 95.8 Å². The van der Waals surface area contributed by atoms with Gasteiger partial charge in [0.15, 0.2) is 5.79 Å². The number of cyclic esters (lactones) is 1. The molecule has 3 aliphatic heterocycles. The maximum absolute atomic E-state index is 13.6. The molecule has 0 radical (unpaired) electrons. The molecule has 3 heterocycles. The first kappa shape index (κ1) is 63.5. The molecule has 7 N–H and O–H groups in total. The molecule has 16 nitrogen and oxygen atoms in total. The van der Waals surface area contributed by atoms with Gasteiger partial charge in [-0.1, -0.05) is 126 Å².